The van der Waals surface area contributed by atoms with Gasteiger partial charge in [-0.15, -0.1) is 0 Å². The van der Waals surface area contributed by atoms with Crippen LogP contribution in [0, 0.1) is 0 Å². The first-order chi connectivity index (χ1) is 7.38. The molecule has 0 spiro atoms. The van der Waals surface area contributed by atoms with Crippen molar-refractivity contribution in [2.24, 2.45) is 0 Å². The van der Waals surface area contributed by atoms with Gasteiger partial charge in [-0.25, -0.2) is 0 Å². The average Bonchev–Trinajstić information content (AvgIpc) is 2.79. The summed E-state index contributed by atoms with van der Waals surface area (Å²) < 4.78 is 10.3. The van der Waals surface area contributed by atoms with Crippen molar-refractivity contribution in [2.75, 3.05) is 6.61 Å². The van der Waals surface area contributed by atoms with Crippen LogP contribution in [0.15, 0.2) is 10.9 Å². The van der Waals surface area contributed by atoms with E-state index in [4.69, 9.17) is 4.74 Å². The first kappa shape index (κ1) is 10.6. The number of nitrogens with zero attached hydrogens (tertiary/aromatic N) is 2. The zero-order valence-corrected chi connectivity index (χ0v) is 8.98. The highest BCUT2D eigenvalue weighted by Gasteiger charge is 2.20. The summed E-state index contributed by atoms with van der Waals surface area (Å²) in [6.45, 7) is 3.69. The monoisotopic (exact) mass is 211 g/mol. The molecular weight excluding hydrogens is 194 g/mol. The molecule has 0 aromatic carbocycles. The summed E-state index contributed by atoms with van der Waals surface area (Å²) in [4.78, 5) is 3.97. The molecule has 84 valence electrons. The Morgan fingerprint density at radius 2 is 2.53 bits per heavy atom. The molecule has 5 nitrogen and oxygen atoms in total. The molecule has 1 aliphatic heterocycles. The molecule has 2 heterocycles. The highest BCUT2D eigenvalue weighted by atomic mass is 16.5. The van der Waals surface area contributed by atoms with Crippen LogP contribution in [-0.2, 0) is 11.3 Å². The molecule has 0 bridgehead atoms. The van der Waals surface area contributed by atoms with Crippen molar-refractivity contribution in [3.8, 4) is 0 Å². The second kappa shape index (κ2) is 5.23. The van der Waals surface area contributed by atoms with Crippen molar-refractivity contribution in [2.45, 2.75) is 44.9 Å². The maximum atomic E-state index is 5.60. The number of hydrogen-bond donors (Lipinski definition) is 1. The van der Waals surface area contributed by atoms with Gasteiger partial charge in [0.2, 0.25) is 6.39 Å². The molecule has 1 N–H and O–H groups in total. The molecule has 2 rings (SSSR count). The number of nitrogens with one attached hydrogen (secondary N) is 1. The molecule has 0 amide bonds. The van der Waals surface area contributed by atoms with E-state index in [9.17, 15) is 0 Å². The van der Waals surface area contributed by atoms with E-state index in [1.54, 1.807) is 0 Å². The van der Waals surface area contributed by atoms with Crippen LogP contribution in [0.4, 0.5) is 0 Å². The predicted molar refractivity (Wildman–Crippen MR) is 54.2 cm³/mol. The number of ether oxygens (including phenoxy) is 1. The van der Waals surface area contributed by atoms with Crippen molar-refractivity contribution in [3.05, 3.63) is 12.2 Å². The van der Waals surface area contributed by atoms with Gasteiger partial charge in [0.25, 0.3) is 0 Å². The van der Waals surface area contributed by atoms with Gasteiger partial charge in [0.1, 0.15) is 0 Å². The van der Waals surface area contributed by atoms with Crippen LogP contribution in [0.2, 0.25) is 0 Å². The van der Waals surface area contributed by atoms with Crippen LogP contribution < -0.4 is 5.32 Å². The Kier molecular flexibility index (Phi) is 3.69. The Labute approximate surface area is 89.2 Å². The van der Waals surface area contributed by atoms with Gasteiger partial charge in [0, 0.05) is 12.6 Å². The topological polar surface area (TPSA) is 60.2 Å². The summed E-state index contributed by atoms with van der Waals surface area (Å²) in [5, 5.41) is 7.18. The van der Waals surface area contributed by atoms with E-state index in [0.717, 1.165) is 31.7 Å². The normalized spacial score (nSPS) is 26.7. The van der Waals surface area contributed by atoms with E-state index in [1.807, 2.05) is 0 Å². The third-order valence-corrected chi connectivity index (χ3v) is 2.78. The van der Waals surface area contributed by atoms with Gasteiger partial charge in [-0.3, -0.25) is 0 Å². The minimum absolute atomic E-state index is 0.404. The smallest absolute Gasteiger partial charge is 0.213 e. The Morgan fingerprint density at radius 1 is 1.60 bits per heavy atom. The molecular formula is C10H17N3O2. The van der Waals surface area contributed by atoms with Gasteiger partial charge in [-0.1, -0.05) is 12.1 Å². The standard InChI is InChI=1S/C10H17N3O2/c1-2-9-5-8(3-4-14-9)11-6-10-12-7-15-13-10/h7-9,11H,2-6H2,1H3. The Bertz CT molecular complexity index is 276. The Hall–Kier alpha value is -0.940. The molecule has 2 unspecified atom stereocenters. The van der Waals surface area contributed by atoms with E-state index in [-0.39, 0.29) is 0 Å². The van der Waals surface area contributed by atoms with E-state index in [1.165, 1.54) is 6.39 Å². The molecule has 1 aromatic heterocycles. The first-order valence-electron chi connectivity index (χ1n) is 5.48. The molecule has 0 aliphatic carbocycles. The van der Waals surface area contributed by atoms with Gasteiger partial charge in [-0.2, -0.15) is 4.98 Å². The maximum Gasteiger partial charge on any atom is 0.213 e. The van der Waals surface area contributed by atoms with Crippen molar-refractivity contribution >= 4 is 0 Å². The van der Waals surface area contributed by atoms with Crippen LogP contribution in [0.25, 0.3) is 0 Å². The summed E-state index contributed by atoms with van der Waals surface area (Å²) in [7, 11) is 0. The largest absolute Gasteiger partial charge is 0.378 e. The van der Waals surface area contributed by atoms with Crippen LogP contribution in [0.1, 0.15) is 32.0 Å². The van der Waals surface area contributed by atoms with Crippen LogP contribution in [0.3, 0.4) is 0 Å². The SMILES string of the molecule is CCC1CC(NCc2ncon2)CCO1. The van der Waals surface area contributed by atoms with E-state index in [0.29, 0.717) is 18.7 Å². The number of hydrogen-bond acceptors (Lipinski definition) is 5. The Balaban J connectivity index is 1.74. The van der Waals surface area contributed by atoms with Crippen molar-refractivity contribution < 1.29 is 9.26 Å². The second-order valence-corrected chi connectivity index (χ2v) is 3.85. The van der Waals surface area contributed by atoms with E-state index in [2.05, 4.69) is 26.9 Å². The molecule has 1 aromatic rings. The van der Waals surface area contributed by atoms with Gasteiger partial charge in [-0.05, 0) is 19.3 Å². The second-order valence-electron chi connectivity index (χ2n) is 3.85. The van der Waals surface area contributed by atoms with Crippen LogP contribution >= 0.6 is 0 Å². The third kappa shape index (κ3) is 3.00. The van der Waals surface area contributed by atoms with Gasteiger partial charge >= 0.3 is 0 Å². The van der Waals surface area contributed by atoms with Gasteiger partial charge in [0.15, 0.2) is 5.82 Å². The maximum absolute atomic E-state index is 5.60. The molecule has 5 heteroatoms. The summed E-state index contributed by atoms with van der Waals surface area (Å²) in [5.74, 6) is 0.717. The molecule has 1 fully saturated rings. The summed E-state index contributed by atoms with van der Waals surface area (Å²) in [6.07, 6.45) is 4.99. The molecule has 2 atom stereocenters. The van der Waals surface area contributed by atoms with Gasteiger partial charge in [0.05, 0.1) is 12.6 Å². The lowest BCUT2D eigenvalue weighted by atomic mass is 10.0. The summed E-state index contributed by atoms with van der Waals surface area (Å²) in [5.41, 5.74) is 0. The fourth-order valence-corrected chi connectivity index (χ4v) is 1.86. The van der Waals surface area contributed by atoms with Crippen LogP contribution in [0.5, 0.6) is 0 Å². The molecule has 1 aliphatic rings. The lowest BCUT2D eigenvalue weighted by Gasteiger charge is -2.29. The molecule has 0 saturated carbocycles. The Morgan fingerprint density at radius 3 is 3.27 bits per heavy atom. The highest BCUT2D eigenvalue weighted by Crippen LogP contribution is 2.16. The minimum atomic E-state index is 0.404. The number of aromatic nitrogens is 2. The summed E-state index contributed by atoms with van der Waals surface area (Å²) in [6, 6.07) is 0.516. The number of rotatable bonds is 4. The fourth-order valence-electron chi connectivity index (χ4n) is 1.86. The average molecular weight is 211 g/mol. The molecule has 0 radical (unpaired) electrons. The zero-order valence-electron chi connectivity index (χ0n) is 8.98. The third-order valence-electron chi connectivity index (χ3n) is 2.78. The van der Waals surface area contributed by atoms with Crippen LogP contribution in [-0.4, -0.2) is 28.9 Å². The predicted octanol–water partition coefficient (Wildman–Crippen LogP) is 1.12. The zero-order chi connectivity index (χ0) is 10.5. The quantitative estimate of drug-likeness (QED) is 0.808. The minimum Gasteiger partial charge on any atom is -0.378 e. The van der Waals surface area contributed by atoms with E-state index < -0.39 is 0 Å². The lowest BCUT2D eigenvalue weighted by molar-refractivity contribution is -0.000445. The van der Waals surface area contributed by atoms with Crippen molar-refractivity contribution in [3.63, 3.8) is 0 Å². The van der Waals surface area contributed by atoms with E-state index >= 15 is 0 Å². The van der Waals surface area contributed by atoms with Crippen molar-refractivity contribution in [1.29, 1.82) is 0 Å². The van der Waals surface area contributed by atoms with Crippen molar-refractivity contribution in [1.82, 2.24) is 15.5 Å². The lowest BCUT2D eigenvalue weighted by Crippen LogP contribution is -2.38. The highest BCUT2D eigenvalue weighted by molar-refractivity contribution is 4.81. The first-order valence-corrected chi connectivity index (χ1v) is 5.48. The summed E-state index contributed by atoms with van der Waals surface area (Å²) >= 11 is 0. The molecule has 15 heavy (non-hydrogen) atoms. The fraction of sp³-hybridized carbons (Fsp3) is 0.800. The van der Waals surface area contributed by atoms with Gasteiger partial charge < -0.3 is 14.6 Å². The molecule has 1 saturated heterocycles.